The number of rotatable bonds is 11. The second kappa shape index (κ2) is 11.6. The molecule has 2 heterocycles. The third-order valence-corrected chi connectivity index (χ3v) is 5.86. The van der Waals surface area contributed by atoms with Gasteiger partial charge in [-0.1, -0.05) is 24.3 Å². The lowest BCUT2D eigenvalue weighted by Gasteiger charge is -2.15. The third kappa shape index (κ3) is 7.41. The van der Waals surface area contributed by atoms with E-state index in [1.54, 1.807) is 18.3 Å². The van der Waals surface area contributed by atoms with E-state index in [0.29, 0.717) is 29.9 Å². The Morgan fingerprint density at radius 2 is 2.03 bits per heavy atom. The van der Waals surface area contributed by atoms with Gasteiger partial charge in [-0.25, -0.2) is 13.8 Å². The number of H-pyrrole nitrogens is 1. The highest BCUT2D eigenvalue weighted by Gasteiger charge is 2.33. The van der Waals surface area contributed by atoms with Gasteiger partial charge in [-0.2, -0.15) is 15.4 Å². The van der Waals surface area contributed by atoms with Crippen molar-refractivity contribution in [3.05, 3.63) is 65.7 Å². The van der Waals surface area contributed by atoms with Crippen LogP contribution in [0.1, 0.15) is 11.3 Å². The highest BCUT2D eigenvalue weighted by atomic mass is 31.2. The summed E-state index contributed by atoms with van der Waals surface area (Å²) in [6.07, 6.45) is 0.192. The summed E-state index contributed by atoms with van der Waals surface area (Å²) >= 11 is 0. The monoisotopic (exact) mass is 534 g/mol. The fourth-order valence-corrected chi connectivity index (χ4v) is 3.90. The van der Waals surface area contributed by atoms with Crippen LogP contribution in [0, 0.1) is 5.82 Å². The van der Waals surface area contributed by atoms with E-state index in [1.165, 1.54) is 11.0 Å². The number of anilines is 1. The molecule has 2 aromatic carbocycles. The Morgan fingerprint density at radius 3 is 2.70 bits per heavy atom. The van der Waals surface area contributed by atoms with Crippen LogP contribution < -0.4 is 15.5 Å². The molecule has 0 spiro atoms. The molecular weight excluding hydrogens is 510 g/mol. The van der Waals surface area contributed by atoms with Gasteiger partial charge in [0.25, 0.3) is 0 Å². The van der Waals surface area contributed by atoms with Gasteiger partial charge in [0.1, 0.15) is 18.5 Å². The molecule has 0 saturated carbocycles. The van der Waals surface area contributed by atoms with Crippen LogP contribution in [0.2, 0.25) is 0 Å². The number of aromatic nitrogens is 3. The van der Waals surface area contributed by atoms with Crippen LogP contribution in [0.15, 0.2) is 48.7 Å². The number of phosphoric ester groups is 1. The molecule has 2 amide bonds. The van der Waals surface area contributed by atoms with Gasteiger partial charge in [0.05, 0.1) is 30.7 Å². The number of nitrogens with one attached hydrogen (secondary N) is 3. The van der Waals surface area contributed by atoms with E-state index in [9.17, 15) is 18.5 Å². The first-order chi connectivity index (χ1) is 17.7. The van der Waals surface area contributed by atoms with E-state index < -0.39 is 38.4 Å². The number of aromatic amines is 1. The summed E-state index contributed by atoms with van der Waals surface area (Å²) in [5.41, 5.74) is 3.14. The number of hydrogen-bond acceptors (Lipinski definition) is 8. The fraction of sp³-hybridized carbons (Fsp3) is 0.273. The summed E-state index contributed by atoms with van der Waals surface area (Å²) in [5, 5.41) is 15.9. The number of ether oxygens (including phenoxy) is 1. The van der Waals surface area contributed by atoms with Gasteiger partial charge in [0.2, 0.25) is 5.91 Å². The summed E-state index contributed by atoms with van der Waals surface area (Å²) in [7, 11) is -4.77. The van der Waals surface area contributed by atoms with Crippen LogP contribution in [0.4, 0.5) is 14.9 Å². The lowest BCUT2D eigenvalue weighted by molar-refractivity contribution is -0.123. The van der Waals surface area contributed by atoms with E-state index in [-0.39, 0.29) is 13.1 Å². The predicted octanol–water partition coefficient (Wildman–Crippen LogP) is 1.45. The molecule has 15 heteroatoms. The summed E-state index contributed by atoms with van der Waals surface area (Å²) in [6.45, 7) is 0.260. The van der Waals surface area contributed by atoms with Crippen molar-refractivity contribution in [3.63, 3.8) is 0 Å². The molecule has 3 aromatic rings. The largest absolute Gasteiger partial charge is 0.470 e. The Morgan fingerprint density at radius 1 is 1.24 bits per heavy atom. The molecule has 0 unspecified atom stereocenters. The number of nitrogens with zero attached hydrogens (tertiary/aromatic N) is 3. The van der Waals surface area contributed by atoms with Crippen molar-refractivity contribution in [3.8, 4) is 11.1 Å². The Kier molecular flexibility index (Phi) is 8.26. The van der Waals surface area contributed by atoms with Gasteiger partial charge in [-0.15, -0.1) is 0 Å². The Labute approximate surface area is 210 Å². The Bertz CT molecular complexity index is 1290. The Balaban J connectivity index is 1.31. The van der Waals surface area contributed by atoms with Gasteiger partial charge in [0, 0.05) is 18.7 Å². The number of halogens is 1. The predicted molar refractivity (Wildman–Crippen MR) is 127 cm³/mol. The molecular formula is C22H24FN6O7P. The summed E-state index contributed by atoms with van der Waals surface area (Å²) < 4.78 is 34.9. The maximum atomic E-state index is 15.0. The van der Waals surface area contributed by atoms with Crippen LogP contribution in [0.25, 0.3) is 11.1 Å². The maximum Gasteiger partial charge on any atom is 0.470 e. The van der Waals surface area contributed by atoms with Crippen LogP contribution >= 0.6 is 7.82 Å². The van der Waals surface area contributed by atoms with Gasteiger partial charge < -0.3 is 25.2 Å². The lowest BCUT2D eigenvalue weighted by atomic mass is 10.0. The van der Waals surface area contributed by atoms with Crippen LogP contribution in [-0.4, -0.2) is 63.0 Å². The van der Waals surface area contributed by atoms with Crippen molar-refractivity contribution in [2.45, 2.75) is 19.2 Å². The first-order valence-corrected chi connectivity index (χ1v) is 12.6. The molecule has 1 aliphatic heterocycles. The highest BCUT2D eigenvalue weighted by Crippen LogP contribution is 2.35. The van der Waals surface area contributed by atoms with Crippen molar-refractivity contribution in [2.24, 2.45) is 0 Å². The molecule has 1 saturated heterocycles. The standard InChI is InChI=1S/C22H24FN6O7P/c23-20-7-17(29-12-18(36-22(29)31)11-25-21(30)13-35-37(32,33)34)5-6-19(20)15-3-1-14(2-4-15)8-24-9-16-10-26-28-27-16/h1-7,10,18,24H,8-9,11-13H2,(H,25,30)(H,26,27,28)(H2,32,33,34)/t18-/m0/s1. The van der Waals surface area contributed by atoms with Gasteiger partial charge in [-0.3, -0.25) is 14.2 Å². The summed E-state index contributed by atoms with van der Waals surface area (Å²) in [5.74, 6) is -1.31. The molecule has 1 aromatic heterocycles. The molecule has 4 rings (SSSR count). The first-order valence-electron chi connectivity index (χ1n) is 11.1. The van der Waals surface area contributed by atoms with Crippen LogP contribution in [0.5, 0.6) is 0 Å². The van der Waals surface area contributed by atoms with Crippen molar-refractivity contribution in [1.29, 1.82) is 0 Å². The number of amides is 2. The topological polar surface area (TPSA) is 179 Å². The van der Waals surface area contributed by atoms with Crippen molar-refractivity contribution >= 4 is 25.5 Å². The SMILES string of the molecule is O=C(COP(=O)(O)O)NC[C@H]1CN(c2ccc(-c3ccc(CNCc4cn[nH]n4)cc3)c(F)c2)C(=O)O1. The first kappa shape index (κ1) is 26.4. The number of carbonyl (C=O) groups is 2. The zero-order valence-corrected chi connectivity index (χ0v) is 20.2. The van der Waals surface area contributed by atoms with E-state index in [4.69, 9.17) is 14.5 Å². The second-order valence-electron chi connectivity index (χ2n) is 8.11. The number of phosphoric acid groups is 1. The minimum Gasteiger partial charge on any atom is -0.442 e. The minimum absolute atomic E-state index is 0.0489. The molecule has 196 valence electrons. The zero-order chi connectivity index (χ0) is 26.4. The molecule has 1 aliphatic rings. The molecule has 5 N–H and O–H groups in total. The number of hydrogen-bond donors (Lipinski definition) is 5. The zero-order valence-electron chi connectivity index (χ0n) is 19.3. The van der Waals surface area contributed by atoms with E-state index in [2.05, 4.69) is 30.6 Å². The van der Waals surface area contributed by atoms with Crippen LogP contribution in [-0.2, 0) is 31.7 Å². The van der Waals surface area contributed by atoms with Crippen molar-refractivity contribution in [2.75, 3.05) is 24.6 Å². The molecule has 1 fully saturated rings. The number of carbonyl (C=O) groups excluding carboxylic acids is 2. The van der Waals surface area contributed by atoms with E-state index >= 15 is 0 Å². The maximum absolute atomic E-state index is 15.0. The van der Waals surface area contributed by atoms with Crippen LogP contribution in [0.3, 0.4) is 0 Å². The normalized spacial score (nSPS) is 15.6. The highest BCUT2D eigenvalue weighted by molar-refractivity contribution is 7.46. The van der Waals surface area contributed by atoms with Gasteiger partial charge in [0.15, 0.2) is 0 Å². The fourth-order valence-electron chi connectivity index (χ4n) is 3.61. The van der Waals surface area contributed by atoms with E-state index in [1.807, 2.05) is 24.3 Å². The van der Waals surface area contributed by atoms with E-state index in [0.717, 1.165) is 11.3 Å². The smallest absolute Gasteiger partial charge is 0.442 e. The van der Waals surface area contributed by atoms with Gasteiger partial charge in [-0.05, 0) is 29.3 Å². The molecule has 0 bridgehead atoms. The van der Waals surface area contributed by atoms with Gasteiger partial charge >= 0.3 is 13.9 Å². The summed E-state index contributed by atoms with van der Waals surface area (Å²) in [4.78, 5) is 42.4. The quantitative estimate of drug-likeness (QED) is 0.226. The van der Waals surface area contributed by atoms with Crippen molar-refractivity contribution in [1.82, 2.24) is 26.0 Å². The second-order valence-corrected chi connectivity index (χ2v) is 9.35. The molecule has 1 atom stereocenters. The lowest BCUT2D eigenvalue weighted by Crippen LogP contribution is -2.36. The van der Waals surface area contributed by atoms with Crippen molar-refractivity contribution < 1.29 is 37.6 Å². The molecule has 37 heavy (non-hydrogen) atoms. The molecule has 0 aliphatic carbocycles. The average molecular weight is 534 g/mol. The summed E-state index contributed by atoms with van der Waals surface area (Å²) in [6, 6.07) is 11.8. The Hall–Kier alpha value is -3.68. The molecule has 0 radical (unpaired) electrons. The number of cyclic esters (lactones) is 1. The third-order valence-electron chi connectivity index (χ3n) is 5.39. The molecule has 13 nitrogen and oxygen atoms in total. The number of benzene rings is 2. The average Bonchev–Trinajstić information content (AvgIpc) is 3.51. The minimum atomic E-state index is -4.77.